The van der Waals surface area contributed by atoms with E-state index in [1.54, 1.807) is 11.3 Å². The molecule has 3 atom stereocenters. The number of aliphatic carboxylic acids is 1. The zero-order valence-electron chi connectivity index (χ0n) is 24.5. The summed E-state index contributed by atoms with van der Waals surface area (Å²) in [5.74, 6) is 0.328. The molecule has 2 bridgehead atoms. The van der Waals surface area contributed by atoms with Crippen LogP contribution in [0.5, 0.6) is 5.75 Å². The number of carbonyl (C=O) groups is 2. The number of carbonyl (C=O) groups excluding carboxylic acids is 1. The Morgan fingerprint density at radius 2 is 1.83 bits per heavy atom. The van der Waals surface area contributed by atoms with E-state index < -0.39 is 5.97 Å². The summed E-state index contributed by atoms with van der Waals surface area (Å²) in [4.78, 5) is 34.0. The number of aromatic nitrogens is 1. The molecule has 8 nitrogen and oxygen atoms in total. The van der Waals surface area contributed by atoms with E-state index in [0.717, 1.165) is 77.7 Å². The third kappa shape index (κ3) is 5.77. The highest BCUT2D eigenvalue weighted by Gasteiger charge is 2.46. The second-order valence-corrected chi connectivity index (χ2v) is 12.8. The molecule has 1 amide bonds. The van der Waals surface area contributed by atoms with Crippen molar-refractivity contribution >= 4 is 28.3 Å². The summed E-state index contributed by atoms with van der Waals surface area (Å²) in [5, 5.41) is 12.7. The van der Waals surface area contributed by atoms with Crippen molar-refractivity contribution in [3.05, 3.63) is 64.0 Å². The molecule has 1 N–H and O–H groups in total. The number of rotatable bonds is 9. The molecule has 0 spiro atoms. The highest BCUT2D eigenvalue weighted by Crippen LogP contribution is 2.44. The van der Waals surface area contributed by atoms with Crippen molar-refractivity contribution in [3.8, 4) is 17.0 Å². The molecule has 9 heteroatoms. The minimum Gasteiger partial charge on any atom is -0.488 e. The zero-order chi connectivity index (χ0) is 29.4. The van der Waals surface area contributed by atoms with E-state index in [2.05, 4.69) is 23.3 Å². The average molecular weight is 590 g/mol. The van der Waals surface area contributed by atoms with Crippen molar-refractivity contribution in [2.45, 2.75) is 52.7 Å². The summed E-state index contributed by atoms with van der Waals surface area (Å²) >= 11 is 1.61. The van der Waals surface area contributed by atoms with Crippen molar-refractivity contribution in [2.24, 2.45) is 17.8 Å². The van der Waals surface area contributed by atoms with E-state index in [1.807, 2.05) is 49.1 Å². The number of aryl methyl sites for hydroxylation is 2. The SMILES string of the molecule is CCOC1CCN(C(=O)c2ccc(COc3ccc(C)cc3-c3csc(N4CC5CCC(C4)C5C(=O)O)n3)c(C)c2)C1. The molecular formula is C33H39N3O5S. The Kier molecular flexibility index (Phi) is 8.23. The number of likely N-dealkylation sites (tertiary alicyclic amines) is 1. The quantitative estimate of drug-likeness (QED) is 0.337. The number of hydrogen-bond donors (Lipinski definition) is 1. The normalized spacial score (nSPS) is 23.4. The van der Waals surface area contributed by atoms with Crippen LogP contribution < -0.4 is 9.64 Å². The summed E-state index contributed by atoms with van der Waals surface area (Å²) in [7, 11) is 0. The van der Waals surface area contributed by atoms with E-state index in [-0.39, 0.29) is 29.8 Å². The van der Waals surface area contributed by atoms with Crippen LogP contribution >= 0.6 is 11.3 Å². The summed E-state index contributed by atoms with van der Waals surface area (Å²) in [6.07, 6.45) is 2.97. The van der Waals surface area contributed by atoms with Gasteiger partial charge in [-0.2, -0.15) is 0 Å². The van der Waals surface area contributed by atoms with Gasteiger partial charge < -0.3 is 24.4 Å². The lowest BCUT2D eigenvalue weighted by atomic mass is 9.85. The van der Waals surface area contributed by atoms with E-state index in [9.17, 15) is 14.7 Å². The molecule has 2 aromatic carbocycles. The van der Waals surface area contributed by atoms with Gasteiger partial charge in [-0.1, -0.05) is 17.7 Å². The number of hydrogen-bond acceptors (Lipinski definition) is 7. The lowest BCUT2D eigenvalue weighted by Crippen LogP contribution is -2.44. The van der Waals surface area contributed by atoms with Crippen LogP contribution in [0.15, 0.2) is 41.8 Å². The minimum atomic E-state index is -0.651. The van der Waals surface area contributed by atoms with Crippen molar-refractivity contribution < 1.29 is 24.2 Å². The van der Waals surface area contributed by atoms with Crippen molar-refractivity contribution in [1.82, 2.24) is 9.88 Å². The van der Waals surface area contributed by atoms with Gasteiger partial charge in [-0.25, -0.2) is 4.98 Å². The third-order valence-electron chi connectivity index (χ3n) is 9.10. The van der Waals surface area contributed by atoms with E-state index >= 15 is 0 Å². The highest BCUT2D eigenvalue weighted by molar-refractivity contribution is 7.14. The van der Waals surface area contributed by atoms with Crippen LogP contribution in [0, 0.1) is 31.6 Å². The second kappa shape index (κ2) is 12.1. The predicted molar refractivity (Wildman–Crippen MR) is 163 cm³/mol. The largest absolute Gasteiger partial charge is 0.488 e. The topological polar surface area (TPSA) is 92.2 Å². The molecule has 6 rings (SSSR count). The maximum Gasteiger partial charge on any atom is 0.307 e. The minimum absolute atomic E-state index is 0.0492. The van der Waals surface area contributed by atoms with Gasteiger partial charge in [-0.15, -0.1) is 11.3 Å². The molecule has 1 aromatic heterocycles. The Bertz CT molecular complexity index is 1460. The maximum atomic E-state index is 13.1. The van der Waals surface area contributed by atoms with Crippen molar-refractivity contribution in [3.63, 3.8) is 0 Å². The van der Waals surface area contributed by atoms with Crippen LogP contribution in [0.1, 0.15) is 53.2 Å². The highest BCUT2D eigenvalue weighted by atomic mass is 32.1. The van der Waals surface area contributed by atoms with Gasteiger partial charge in [0.05, 0.1) is 17.7 Å². The number of nitrogens with zero attached hydrogens (tertiary/aromatic N) is 3. The number of benzene rings is 2. The molecule has 0 radical (unpaired) electrons. The molecule has 2 aliphatic heterocycles. The first kappa shape index (κ1) is 28.7. The third-order valence-corrected chi connectivity index (χ3v) is 10.0. The predicted octanol–water partition coefficient (Wildman–Crippen LogP) is 5.80. The van der Waals surface area contributed by atoms with E-state index in [1.165, 1.54) is 0 Å². The number of carboxylic acid groups (broad SMARTS) is 1. The monoisotopic (exact) mass is 589 g/mol. The molecule has 3 unspecified atom stereocenters. The molecule has 42 heavy (non-hydrogen) atoms. The van der Waals surface area contributed by atoms with Crippen LogP contribution in [0.4, 0.5) is 5.13 Å². The Morgan fingerprint density at radius 3 is 2.55 bits per heavy atom. The van der Waals surface area contributed by atoms with Gasteiger partial charge in [0.1, 0.15) is 12.4 Å². The molecule has 3 fully saturated rings. The molecule has 3 heterocycles. The molecule has 2 saturated heterocycles. The van der Waals surface area contributed by atoms with Gasteiger partial charge in [0.25, 0.3) is 5.91 Å². The first-order chi connectivity index (χ1) is 20.3. The molecule has 1 saturated carbocycles. The maximum absolute atomic E-state index is 13.1. The van der Waals surface area contributed by atoms with Crippen LogP contribution in [0.2, 0.25) is 0 Å². The van der Waals surface area contributed by atoms with Gasteiger partial charge in [-0.05, 0) is 87.3 Å². The molecule has 222 valence electrons. The van der Waals surface area contributed by atoms with Gasteiger partial charge in [0.2, 0.25) is 0 Å². The summed E-state index contributed by atoms with van der Waals surface area (Å²) in [6.45, 7) is 9.99. The smallest absolute Gasteiger partial charge is 0.307 e. The second-order valence-electron chi connectivity index (χ2n) is 11.9. The van der Waals surface area contributed by atoms with Crippen LogP contribution in [0.25, 0.3) is 11.3 Å². The summed E-state index contributed by atoms with van der Waals surface area (Å²) in [5.41, 5.74) is 5.69. The first-order valence-corrected chi connectivity index (χ1v) is 15.9. The molecular weight excluding hydrogens is 550 g/mol. The van der Waals surface area contributed by atoms with E-state index in [0.29, 0.717) is 25.3 Å². The fourth-order valence-electron chi connectivity index (χ4n) is 6.90. The lowest BCUT2D eigenvalue weighted by Gasteiger charge is -2.35. The van der Waals surface area contributed by atoms with Gasteiger partial charge in [0.15, 0.2) is 5.13 Å². The number of piperidine rings is 1. The number of fused-ring (bicyclic) bond motifs is 2. The summed E-state index contributed by atoms with van der Waals surface area (Å²) < 4.78 is 12.1. The fourth-order valence-corrected chi connectivity index (χ4v) is 7.74. The molecule has 1 aliphatic carbocycles. The number of carboxylic acids is 1. The number of thiazole rings is 1. The van der Waals surface area contributed by atoms with E-state index in [4.69, 9.17) is 14.5 Å². The average Bonchev–Trinajstić information content (AvgIpc) is 3.71. The number of ether oxygens (including phenoxy) is 2. The van der Waals surface area contributed by atoms with Gasteiger partial charge in [0, 0.05) is 49.3 Å². The molecule has 3 aromatic rings. The number of amides is 1. The van der Waals surface area contributed by atoms with Crippen molar-refractivity contribution in [2.75, 3.05) is 37.7 Å². The Morgan fingerprint density at radius 1 is 1.05 bits per heavy atom. The van der Waals surface area contributed by atoms with Gasteiger partial charge in [-0.3, -0.25) is 9.59 Å². The van der Waals surface area contributed by atoms with Crippen LogP contribution in [-0.2, 0) is 16.1 Å². The van der Waals surface area contributed by atoms with Crippen LogP contribution in [0.3, 0.4) is 0 Å². The Balaban J connectivity index is 1.14. The molecule has 3 aliphatic rings. The zero-order valence-corrected chi connectivity index (χ0v) is 25.4. The lowest BCUT2D eigenvalue weighted by molar-refractivity contribution is -0.144. The van der Waals surface area contributed by atoms with Crippen LogP contribution in [-0.4, -0.2) is 65.8 Å². The Hall–Kier alpha value is -3.43. The first-order valence-electron chi connectivity index (χ1n) is 15.0. The van der Waals surface area contributed by atoms with Gasteiger partial charge >= 0.3 is 5.97 Å². The summed E-state index contributed by atoms with van der Waals surface area (Å²) in [6, 6.07) is 12.0. The number of anilines is 1. The Labute approximate surface area is 251 Å². The fraction of sp³-hybridized carbons (Fsp3) is 0.485. The standard InChI is InChI=1S/C33H39N3O5S/c1-4-40-26-11-12-35(17-26)31(37)22-6-9-25(21(3)14-22)18-41-29-10-5-20(2)13-27(29)28-19-42-33(34-28)36-15-23-7-8-24(16-36)30(23)32(38)39/h5-6,9-10,13-14,19,23-24,26,30H,4,7-8,11-12,15-18H2,1-3H3,(H,38,39). The van der Waals surface area contributed by atoms with Crippen molar-refractivity contribution in [1.29, 1.82) is 0 Å².